The van der Waals surface area contributed by atoms with Crippen LogP contribution in [0.3, 0.4) is 0 Å². The van der Waals surface area contributed by atoms with Crippen LogP contribution in [0.5, 0.6) is 0 Å². The van der Waals surface area contributed by atoms with Crippen LogP contribution in [0, 0.1) is 0 Å². The van der Waals surface area contributed by atoms with Crippen molar-refractivity contribution in [3.63, 3.8) is 0 Å². The molecule has 1 aliphatic heterocycles. The van der Waals surface area contributed by atoms with Gasteiger partial charge in [0.05, 0.1) is 5.56 Å². The first-order valence-electron chi connectivity index (χ1n) is 9.13. The lowest BCUT2D eigenvalue weighted by molar-refractivity contribution is -0.137. The minimum atomic E-state index is -4.38. The molecule has 150 valence electrons. The van der Waals surface area contributed by atoms with Gasteiger partial charge in [-0.15, -0.1) is 0 Å². The Morgan fingerprint density at radius 1 is 1.14 bits per heavy atom. The van der Waals surface area contributed by atoms with Crippen LogP contribution < -0.4 is 10.2 Å². The van der Waals surface area contributed by atoms with Crippen LogP contribution in [0.2, 0.25) is 5.02 Å². The Balaban J connectivity index is 1.43. The number of benzene rings is 1. The highest BCUT2D eigenvalue weighted by molar-refractivity contribution is 6.30. The number of pyridine rings is 1. The molecule has 1 amide bonds. The van der Waals surface area contributed by atoms with Crippen LogP contribution in [0.15, 0.2) is 42.6 Å². The minimum absolute atomic E-state index is 0.000977. The fourth-order valence-electron chi connectivity index (χ4n) is 3.20. The van der Waals surface area contributed by atoms with Gasteiger partial charge >= 0.3 is 6.18 Å². The number of anilines is 1. The lowest BCUT2D eigenvalue weighted by atomic mass is 10.0. The van der Waals surface area contributed by atoms with Crippen LogP contribution in [0.1, 0.15) is 30.4 Å². The molecule has 2 heterocycles. The van der Waals surface area contributed by atoms with Gasteiger partial charge in [0.2, 0.25) is 5.91 Å². The van der Waals surface area contributed by atoms with Crippen LogP contribution in [0.25, 0.3) is 0 Å². The summed E-state index contributed by atoms with van der Waals surface area (Å²) in [6, 6.07) is 9.94. The van der Waals surface area contributed by atoms with Crippen LogP contribution in [-0.2, 0) is 17.4 Å². The molecule has 0 aliphatic carbocycles. The molecule has 3 rings (SSSR count). The summed E-state index contributed by atoms with van der Waals surface area (Å²) >= 11 is 5.85. The summed E-state index contributed by atoms with van der Waals surface area (Å²) in [4.78, 5) is 18.0. The molecule has 2 aromatic rings. The van der Waals surface area contributed by atoms with Crippen molar-refractivity contribution in [3.8, 4) is 0 Å². The summed E-state index contributed by atoms with van der Waals surface area (Å²) in [6.45, 7) is 1.28. The minimum Gasteiger partial charge on any atom is -0.356 e. The van der Waals surface area contributed by atoms with E-state index in [1.54, 1.807) is 12.1 Å². The molecule has 0 bridgehead atoms. The topological polar surface area (TPSA) is 45.2 Å². The molecule has 4 nitrogen and oxygen atoms in total. The molecule has 1 N–H and O–H groups in total. The molecule has 1 aromatic carbocycles. The van der Waals surface area contributed by atoms with Crippen LogP contribution in [-0.4, -0.2) is 30.0 Å². The van der Waals surface area contributed by atoms with Crippen molar-refractivity contribution in [3.05, 3.63) is 58.7 Å². The zero-order chi connectivity index (χ0) is 20.1. The maximum Gasteiger partial charge on any atom is 0.417 e. The first-order valence-corrected chi connectivity index (χ1v) is 9.51. The van der Waals surface area contributed by atoms with Crippen molar-refractivity contribution in [1.82, 2.24) is 10.3 Å². The normalized spacial score (nSPS) is 15.5. The van der Waals surface area contributed by atoms with Crippen LogP contribution >= 0.6 is 11.6 Å². The molecule has 0 unspecified atom stereocenters. The molecular formula is C20H21ClF3N3O. The SMILES string of the molecule is O=C(CCc1ccc(Cl)cc1)NC1CCN(c2ccc(C(F)(F)F)cn2)CC1. The van der Waals surface area contributed by atoms with E-state index in [-0.39, 0.29) is 11.9 Å². The number of amides is 1. The number of rotatable bonds is 5. The van der Waals surface area contributed by atoms with E-state index in [1.807, 2.05) is 17.0 Å². The van der Waals surface area contributed by atoms with Crippen molar-refractivity contribution >= 4 is 23.3 Å². The van der Waals surface area contributed by atoms with Crippen molar-refractivity contribution < 1.29 is 18.0 Å². The van der Waals surface area contributed by atoms with Gasteiger partial charge in [0, 0.05) is 36.8 Å². The van der Waals surface area contributed by atoms with Crippen molar-refractivity contribution in [2.75, 3.05) is 18.0 Å². The fourth-order valence-corrected chi connectivity index (χ4v) is 3.33. The lowest BCUT2D eigenvalue weighted by Crippen LogP contribution is -2.45. The van der Waals surface area contributed by atoms with Gasteiger partial charge in [0.1, 0.15) is 5.82 Å². The predicted octanol–water partition coefficient (Wildman–Crippen LogP) is 4.47. The highest BCUT2D eigenvalue weighted by Gasteiger charge is 2.31. The smallest absolute Gasteiger partial charge is 0.356 e. The molecule has 0 saturated carbocycles. The summed E-state index contributed by atoms with van der Waals surface area (Å²) in [5.74, 6) is 0.529. The van der Waals surface area contributed by atoms with Gasteiger partial charge in [-0.3, -0.25) is 4.79 Å². The quantitative estimate of drug-likeness (QED) is 0.789. The molecule has 0 radical (unpaired) electrons. The Bertz CT molecular complexity index is 786. The van der Waals surface area contributed by atoms with Crippen molar-refractivity contribution in [1.29, 1.82) is 0 Å². The van der Waals surface area contributed by atoms with E-state index in [2.05, 4.69) is 10.3 Å². The Hall–Kier alpha value is -2.28. The zero-order valence-corrected chi connectivity index (χ0v) is 15.9. The first kappa shape index (κ1) is 20.5. The number of alkyl halides is 3. The molecular weight excluding hydrogens is 391 g/mol. The zero-order valence-electron chi connectivity index (χ0n) is 15.2. The third-order valence-corrected chi connectivity index (χ3v) is 5.07. The van der Waals surface area contributed by atoms with Gasteiger partial charge in [0.15, 0.2) is 0 Å². The Morgan fingerprint density at radius 3 is 2.39 bits per heavy atom. The Morgan fingerprint density at radius 2 is 1.82 bits per heavy atom. The second-order valence-corrected chi connectivity index (χ2v) is 7.29. The van der Waals surface area contributed by atoms with Gasteiger partial charge < -0.3 is 10.2 Å². The average molecular weight is 412 g/mol. The standard InChI is InChI=1S/C20H21ClF3N3O/c21-16-5-1-14(2-6-16)3-8-19(28)26-17-9-11-27(12-10-17)18-7-4-15(13-25-18)20(22,23)24/h1-2,4-7,13,17H,3,8-12H2,(H,26,28). The first-order chi connectivity index (χ1) is 13.3. The molecule has 8 heteroatoms. The number of aryl methyl sites for hydroxylation is 1. The number of carbonyl (C=O) groups excluding carboxylic acids is 1. The number of piperidine rings is 1. The van der Waals surface area contributed by atoms with E-state index in [9.17, 15) is 18.0 Å². The molecule has 0 atom stereocenters. The summed E-state index contributed by atoms with van der Waals surface area (Å²) in [7, 11) is 0. The van der Waals surface area contributed by atoms with E-state index in [4.69, 9.17) is 11.6 Å². The molecule has 1 aliphatic rings. The number of nitrogens with zero attached hydrogens (tertiary/aromatic N) is 2. The maximum atomic E-state index is 12.6. The number of halogens is 4. The third-order valence-electron chi connectivity index (χ3n) is 4.81. The van der Waals surface area contributed by atoms with Crippen molar-refractivity contribution in [2.45, 2.75) is 37.9 Å². The maximum absolute atomic E-state index is 12.6. The number of carbonyl (C=O) groups is 1. The molecule has 0 spiro atoms. The molecule has 1 aromatic heterocycles. The lowest BCUT2D eigenvalue weighted by Gasteiger charge is -2.33. The van der Waals surface area contributed by atoms with E-state index >= 15 is 0 Å². The Kier molecular flexibility index (Phi) is 6.44. The van der Waals surface area contributed by atoms with Gasteiger partial charge in [-0.2, -0.15) is 13.2 Å². The van der Waals surface area contributed by atoms with E-state index < -0.39 is 11.7 Å². The molecule has 1 fully saturated rings. The van der Waals surface area contributed by atoms with Gasteiger partial charge in [0.25, 0.3) is 0 Å². The van der Waals surface area contributed by atoms with E-state index in [1.165, 1.54) is 6.07 Å². The Labute approximate surface area is 166 Å². The van der Waals surface area contributed by atoms with Gasteiger partial charge in [-0.1, -0.05) is 23.7 Å². The molecule has 28 heavy (non-hydrogen) atoms. The van der Waals surface area contributed by atoms with Crippen LogP contribution in [0.4, 0.5) is 19.0 Å². The van der Waals surface area contributed by atoms with Gasteiger partial charge in [-0.25, -0.2) is 4.98 Å². The monoisotopic (exact) mass is 411 g/mol. The second-order valence-electron chi connectivity index (χ2n) is 6.86. The number of aromatic nitrogens is 1. The average Bonchev–Trinajstić information content (AvgIpc) is 2.68. The van der Waals surface area contributed by atoms with Gasteiger partial charge in [-0.05, 0) is 49.1 Å². The summed E-state index contributed by atoms with van der Waals surface area (Å²) in [5, 5.41) is 3.71. The predicted molar refractivity (Wildman–Crippen MR) is 102 cm³/mol. The summed E-state index contributed by atoms with van der Waals surface area (Å²) in [5.41, 5.74) is 0.307. The second kappa shape index (κ2) is 8.82. The van der Waals surface area contributed by atoms with E-state index in [0.29, 0.717) is 36.8 Å². The summed E-state index contributed by atoms with van der Waals surface area (Å²) in [6.07, 6.45) is -1.00. The van der Waals surface area contributed by atoms with E-state index in [0.717, 1.165) is 30.7 Å². The molecule has 1 saturated heterocycles. The fraction of sp³-hybridized carbons (Fsp3) is 0.400. The summed E-state index contributed by atoms with van der Waals surface area (Å²) < 4.78 is 37.9. The largest absolute Gasteiger partial charge is 0.417 e. The number of hydrogen-bond donors (Lipinski definition) is 1. The highest BCUT2D eigenvalue weighted by Crippen LogP contribution is 2.29. The number of hydrogen-bond acceptors (Lipinski definition) is 3. The number of nitrogens with one attached hydrogen (secondary N) is 1. The third kappa shape index (κ3) is 5.61. The van der Waals surface area contributed by atoms with Crippen molar-refractivity contribution in [2.24, 2.45) is 0 Å². The highest BCUT2D eigenvalue weighted by atomic mass is 35.5.